The molecule has 1 aromatic carbocycles. The molecule has 0 saturated heterocycles. The van der Waals surface area contributed by atoms with Crippen LogP contribution in [-0.4, -0.2) is 31.9 Å². The Labute approximate surface area is 146 Å². The van der Waals surface area contributed by atoms with Gasteiger partial charge >= 0.3 is 6.03 Å². The van der Waals surface area contributed by atoms with E-state index in [4.69, 9.17) is 23.2 Å². The number of nitrogens with one attached hydrogen (secondary N) is 3. The number of sulfonamides is 1. The number of anilines is 1. The summed E-state index contributed by atoms with van der Waals surface area (Å²) in [7, 11) is -2.58. The van der Waals surface area contributed by atoms with Crippen LogP contribution < -0.4 is 15.4 Å². The van der Waals surface area contributed by atoms with E-state index >= 15 is 0 Å². The third kappa shape index (κ3) is 3.99. The van der Waals surface area contributed by atoms with Crippen molar-refractivity contribution in [3.63, 3.8) is 0 Å². The Hall–Kier alpha value is -1.26. The van der Waals surface area contributed by atoms with Crippen LogP contribution >= 0.6 is 35.0 Å². The number of hydrogen-bond donors (Lipinski definition) is 3. The number of carbonyl (C=O) groups is 2. The number of rotatable bonds is 4. The number of ketones is 1. The first-order valence-electron chi connectivity index (χ1n) is 6.10. The summed E-state index contributed by atoms with van der Waals surface area (Å²) < 4.78 is 24.1. The van der Waals surface area contributed by atoms with Crippen molar-refractivity contribution in [2.45, 2.75) is 4.58 Å². The predicted octanol–water partition coefficient (Wildman–Crippen LogP) is 2.15. The minimum Gasteiger partial charge on any atom is -0.306 e. The number of urea groups is 1. The van der Waals surface area contributed by atoms with Crippen molar-refractivity contribution >= 4 is 62.5 Å². The number of hydrogen-bond acceptors (Lipinski definition) is 5. The molecule has 0 aliphatic carbocycles. The SMILES string of the molecule is CNS(=O)(=O)C1SC=C(NC(=O)Nc2cccc(Cl)c2Cl)C1=O. The van der Waals surface area contributed by atoms with Crippen molar-refractivity contribution in [1.82, 2.24) is 10.0 Å². The summed E-state index contributed by atoms with van der Waals surface area (Å²) in [5, 5.41) is 6.42. The van der Waals surface area contributed by atoms with E-state index in [1.807, 2.05) is 0 Å². The maximum atomic E-state index is 12.0. The van der Waals surface area contributed by atoms with Crippen molar-refractivity contribution in [1.29, 1.82) is 0 Å². The van der Waals surface area contributed by atoms with E-state index in [1.165, 1.54) is 18.5 Å². The fourth-order valence-electron chi connectivity index (χ4n) is 1.67. The maximum absolute atomic E-state index is 12.0. The van der Waals surface area contributed by atoms with E-state index in [2.05, 4.69) is 15.4 Å². The molecular weight excluding hydrogens is 385 g/mol. The lowest BCUT2D eigenvalue weighted by atomic mass is 10.3. The summed E-state index contributed by atoms with van der Waals surface area (Å²) in [6.07, 6.45) is 0. The standard InChI is InChI=1S/C12H11Cl2N3O4S2/c1-15-23(20,21)11-10(18)8(5-22-11)17-12(19)16-7-4-2-3-6(13)9(7)14/h2-5,11,15H,1H3,(H2,16,17,19). The molecule has 0 aromatic heterocycles. The lowest BCUT2D eigenvalue weighted by molar-refractivity contribution is -0.113. The number of amides is 2. The molecule has 1 heterocycles. The maximum Gasteiger partial charge on any atom is 0.323 e. The fourth-order valence-corrected chi connectivity index (χ4v) is 4.36. The quantitative estimate of drug-likeness (QED) is 0.724. The third-order valence-electron chi connectivity index (χ3n) is 2.80. The highest BCUT2D eigenvalue weighted by molar-refractivity contribution is 8.16. The van der Waals surface area contributed by atoms with Gasteiger partial charge in [-0.15, -0.1) is 11.8 Å². The fraction of sp³-hybridized carbons (Fsp3) is 0.167. The highest BCUT2D eigenvalue weighted by Gasteiger charge is 2.38. The molecule has 0 saturated carbocycles. The van der Waals surface area contributed by atoms with Crippen molar-refractivity contribution in [2.75, 3.05) is 12.4 Å². The summed E-state index contributed by atoms with van der Waals surface area (Å²) >= 11 is 12.6. The highest BCUT2D eigenvalue weighted by Crippen LogP contribution is 2.31. The molecule has 1 unspecified atom stereocenters. The van der Waals surface area contributed by atoms with Crippen LogP contribution in [0.25, 0.3) is 0 Å². The van der Waals surface area contributed by atoms with Gasteiger partial charge in [-0.05, 0) is 19.2 Å². The molecule has 1 aliphatic heterocycles. The first kappa shape index (κ1) is 18.1. The largest absolute Gasteiger partial charge is 0.323 e. The molecule has 1 atom stereocenters. The van der Waals surface area contributed by atoms with E-state index in [1.54, 1.807) is 12.1 Å². The van der Waals surface area contributed by atoms with Gasteiger partial charge in [-0.1, -0.05) is 29.3 Å². The zero-order valence-corrected chi connectivity index (χ0v) is 14.7. The van der Waals surface area contributed by atoms with E-state index in [0.717, 1.165) is 11.8 Å². The molecule has 23 heavy (non-hydrogen) atoms. The lowest BCUT2D eigenvalue weighted by Crippen LogP contribution is -2.38. The van der Waals surface area contributed by atoms with E-state index < -0.39 is 26.4 Å². The van der Waals surface area contributed by atoms with Gasteiger partial charge in [-0.3, -0.25) is 4.79 Å². The zero-order valence-electron chi connectivity index (χ0n) is 11.6. The molecule has 2 rings (SSSR count). The average molecular weight is 396 g/mol. The second-order valence-corrected chi connectivity index (χ2v) is 8.33. The van der Waals surface area contributed by atoms with Crippen LogP contribution in [0.4, 0.5) is 10.5 Å². The van der Waals surface area contributed by atoms with Gasteiger partial charge in [0.15, 0.2) is 4.58 Å². The number of thioether (sulfide) groups is 1. The summed E-state index contributed by atoms with van der Waals surface area (Å²) in [5.74, 6) is -0.711. The number of allylic oxidation sites excluding steroid dienone is 1. The molecule has 7 nitrogen and oxygen atoms in total. The second kappa shape index (κ2) is 7.10. The Morgan fingerprint density at radius 2 is 1.96 bits per heavy atom. The van der Waals surface area contributed by atoms with Crippen molar-refractivity contribution < 1.29 is 18.0 Å². The Morgan fingerprint density at radius 1 is 1.26 bits per heavy atom. The van der Waals surface area contributed by atoms with Crippen molar-refractivity contribution in [3.05, 3.63) is 39.3 Å². The lowest BCUT2D eigenvalue weighted by Gasteiger charge is -2.11. The summed E-state index contributed by atoms with van der Waals surface area (Å²) in [5.41, 5.74) is 0.143. The summed E-state index contributed by atoms with van der Waals surface area (Å²) in [6, 6.07) is 3.94. The van der Waals surface area contributed by atoms with Crippen LogP contribution in [-0.2, 0) is 14.8 Å². The Balaban J connectivity index is 2.05. The minimum atomic E-state index is -3.79. The molecule has 11 heteroatoms. The zero-order chi connectivity index (χ0) is 17.2. The molecule has 3 N–H and O–H groups in total. The van der Waals surface area contributed by atoms with Gasteiger partial charge in [0, 0.05) is 5.41 Å². The van der Waals surface area contributed by atoms with Gasteiger partial charge in [0.1, 0.15) is 0 Å². The van der Waals surface area contributed by atoms with Gasteiger partial charge in [0.05, 0.1) is 21.4 Å². The van der Waals surface area contributed by atoms with Gasteiger partial charge < -0.3 is 10.6 Å². The average Bonchev–Trinajstić information content (AvgIpc) is 2.86. The molecule has 1 aromatic rings. The van der Waals surface area contributed by atoms with Crippen molar-refractivity contribution in [2.24, 2.45) is 0 Å². The number of carbonyl (C=O) groups excluding carboxylic acids is 2. The molecule has 0 spiro atoms. The van der Waals surface area contributed by atoms with Crippen molar-refractivity contribution in [3.8, 4) is 0 Å². The van der Waals surface area contributed by atoms with Crippen LogP contribution in [0, 0.1) is 0 Å². The van der Waals surface area contributed by atoms with Crippen LogP contribution in [0.2, 0.25) is 10.0 Å². The molecule has 0 fully saturated rings. The van der Waals surface area contributed by atoms with Gasteiger partial charge in [-0.2, -0.15) is 0 Å². The Bertz CT molecular complexity index is 795. The topological polar surface area (TPSA) is 104 Å². The summed E-state index contributed by atoms with van der Waals surface area (Å²) in [6.45, 7) is 0. The third-order valence-corrected chi connectivity index (χ3v) is 6.90. The van der Waals surface area contributed by atoms with E-state index in [9.17, 15) is 18.0 Å². The normalized spacial score (nSPS) is 17.8. The molecule has 2 amide bonds. The molecule has 124 valence electrons. The number of benzene rings is 1. The number of Topliss-reactive ketones (excluding diaryl/α,β-unsaturated/α-hetero) is 1. The Morgan fingerprint density at radius 3 is 2.61 bits per heavy atom. The van der Waals surface area contributed by atoms with E-state index in [-0.39, 0.29) is 21.4 Å². The molecule has 1 aliphatic rings. The van der Waals surface area contributed by atoms with Gasteiger partial charge in [0.2, 0.25) is 15.8 Å². The minimum absolute atomic E-state index is 0.116. The summed E-state index contributed by atoms with van der Waals surface area (Å²) in [4.78, 5) is 23.9. The van der Waals surface area contributed by atoms with Crippen LogP contribution in [0.5, 0.6) is 0 Å². The second-order valence-electron chi connectivity index (χ2n) is 4.29. The first-order chi connectivity index (χ1) is 10.8. The van der Waals surface area contributed by atoms with Crippen LogP contribution in [0.3, 0.4) is 0 Å². The monoisotopic (exact) mass is 395 g/mol. The van der Waals surface area contributed by atoms with Crippen LogP contribution in [0.15, 0.2) is 29.3 Å². The molecular formula is C12H11Cl2N3O4S2. The smallest absolute Gasteiger partial charge is 0.306 e. The molecule has 0 radical (unpaired) electrons. The van der Waals surface area contributed by atoms with Crippen LogP contribution in [0.1, 0.15) is 0 Å². The predicted molar refractivity (Wildman–Crippen MR) is 91.1 cm³/mol. The highest BCUT2D eigenvalue weighted by atomic mass is 35.5. The van der Waals surface area contributed by atoms with E-state index in [0.29, 0.717) is 0 Å². The molecule has 0 bridgehead atoms. The number of halogens is 2. The van der Waals surface area contributed by atoms with Gasteiger partial charge in [0.25, 0.3) is 0 Å². The Kier molecular flexibility index (Phi) is 5.58. The van der Waals surface area contributed by atoms with Gasteiger partial charge in [-0.25, -0.2) is 17.9 Å². The first-order valence-corrected chi connectivity index (χ1v) is 9.35.